The lowest BCUT2D eigenvalue weighted by Crippen LogP contribution is -2.32. The van der Waals surface area contributed by atoms with Crippen molar-refractivity contribution in [2.45, 2.75) is 19.8 Å². The molecule has 2 rings (SSSR count). The van der Waals surface area contributed by atoms with E-state index >= 15 is 0 Å². The Balaban J connectivity index is 1.81. The minimum Gasteiger partial charge on any atom is -0.385 e. The number of hydrogen-bond acceptors (Lipinski definition) is 3. The number of benzene rings is 1. The summed E-state index contributed by atoms with van der Waals surface area (Å²) >= 11 is 0. The van der Waals surface area contributed by atoms with Crippen LogP contribution in [0, 0.1) is 5.92 Å². The third-order valence-corrected chi connectivity index (χ3v) is 3.42. The Morgan fingerprint density at radius 2 is 1.95 bits per heavy atom. The molecule has 0 unspecified atom stereocenters. The van der Waals surface area contributed by atoms with Gasteiger partial charge >= 0.3 is 0 Å². The third kappa shape index (κ3) is 4.24. The van der Waals surface area contributed by atoms with Gasteiger partial charge < -0.3 is 15.4 Å². The molecule has 104 valence electrons. The summed E-state index contributed by atoms with van der Waals surface area (Å²) in [5, 5.41) is 6.22. The average Bonchev–Trinajstić information content (AvgIpc) is 2.47. The first-order valence-corrected chi connectivity index (χ1v) is 6.99. The second-order valence-corrected chi connectivity index (χ2v) is 4.87. The van der Waals surface area contributed by atoms with Gasteiger partial charge in [-0.1, -0.05) is 0 Å². The summed E-state index contributed by atoms with van der Waals surface area (Å²) in [4.78, 5) is 12.0. The van der Waals surface area contributed by atoms with E-state index in [-0.39, 0.29) is 5.91 Å². The standard InChI is InChI=1S/C15H22N2O2/c1-2-16-14-5-3-13(4-6-14)15(18)17-11-12-7-9-19-10-8-12/h3-6,12,16H,2,7-11H2,1H3,(H,17,18). The number of ether oxygens (including phenoxy) is 1. The number of anilines is 1. The molecule has 1 saturated heterocycles. The monoisotopic (exact) mass is 262 g/mol. The first-order chi connectivity index (χ1) is 9.29. The maximum absolute atomic E-state index is 12.0. The van der Waals surface area contributed by atoms with Gasteiger partial charge in [0.2, 0.25) is 0 Å². The van der Waals surface area contributed by atoms with Crippen LogP contribution in [-0.2, 0) is 4.74 Å². The highest BCUT2D eigenvalue weighted by atomic mass is 16.5. The van der Waals surface area contributed by atoms with Gasteiger partial charge in [-0.25, -0.2) is 0 Å². The Morgan fingerprint density at radius 3 is 2.58 bits per heavy atom. The van der Waals surface area contributed by atoms with Crippen LogP contribution in [0.15, 0.2) is 24.3 Å². The van der Waals surface area contributed by atoms with E-state index in [4.69, 9.17) is 4.74 Å². The molecule has 0 radical (unpaired) electrons. The molecule has 0 atom stereocenters. The SMILES string of the molecule is CCNc1ccc(C(=O)NCC2CCOCC2)cc1. The Hall–Kier alpha value is -1.55. The van der Waals surface area contributed by atoms with Gasteiger partial charge in [0, 0.05) is 37.6 Å². The minimum absolute atomic E-state index is 0.00883. The summed E-state index contributed by atoms with van der Waals surface area (Å²) in [5.41, 5.74) is 1.76. The zero-order valence-corrected chi connectivity index (χ0v) is 11.4. The van der Waals surface area contributed by atoms with E-state index in [1.54, 1.807) is 0 Å². The molecule has 0 saturated carbocycles. The van der Waals surface area contributed by atoms with Crippen LogP contribution in [0.2, 0.25) is 0 Å². The van der Waals surface area contributed by atoms with Crippen molar-refractivity contribution in [3.05, 3.63) is 29.8 Å². The number of hydrogen-bond donors (Lipinski definition) is 2. The molecular weight excluding hydrogens is 240 g/mol. The van der Waals surface area contributed by atoms with Crippen molar-refractivity contribution in [3.8, 4) is 0 Å². The zero-order chi connectivity index (χ0) is 13.5. The van der Waals surface area contributed by atoms with Crippen LogP contribution in [0.3, 0.4) is 0 Å². The summed E-state index contributed by atoms with van der Waals surface area (Å²) in [5.74, 6) is 0.563. The lowest BCUT2D eigenvalue weighted by atomic mass is 10.0. The van der Waals surface area contributed by atoms with Crippen LogP contribution < -0.4 is 10.6 Å². The van der Waals surface area contributed by atoms with Crippen molar-refractivity contribution in [2.75, 3.05) is 31.6 Å². The molecule has 1 heterocycles. The van der Waals surface area contributed by atoms with E-state index in [1.807, 2.05) is 24.3 Å². The first-order valence-electron chi connectivity index (χ1n) is 6.99. The maximum atomic E-state index is 12.0. The van der Waals surface area contributed by atoms with E-state index in [9.17, 15) is 4.79 Å². The van der Waals surface area contributed by atoms with Crippen molar-refractivity contribution in [3.63, 3.8) is 0 Å². The van der Waals surface area contributed by atoms with Crippen LogP contribution in [-0.4, -0.2) is 32.2 Å². The van der Waals surface area contributed by atoms with E-state index < -0.39 is 0 Å². The minimum atomic E-state index is 0.00883. The second kappa shape index (κ2) is 7.14. The fourth-order valence-electron chi connectivity index (χ4n) is 2.23. The number of carbonyl (C=O) groups is 1. The van der Waals surface area contributed by atoms with Crippen molar-refractivity contribution >= 4 is 11.6 Å². The molecule has 1 aliphatic heterocycles. The molecule has 4 heteroatoms. The Morgan fingerprint density at radius 1 is 1.26 bits per heavy atom. The molecule has 1 aliphatic rings. The average molecular weight is 262 g/mol. The molecule has 0 spiro atoms. The third-order valence-electron chi connectivity index (χ3n) is 3.42. The van der Waals surface area contributed by atoms with E-state index in [2.05, 4.69) is 17.6 Å². The van der Waals surface area contributed by atoms with Crippen molar-refractivity contribution in [1.82, 2.24) is 5.32 Å². The predicted octanol–water partition coefficient (Wildman–Crippen LogP) is 2.27. The lowest BCUT2D eigenvalue weighted by Gasteiger charge is -2.22. The molecule has 0 aliphatic carbocycles. The lowest BCUT2D eigenvalue weighted by molar-refractivity contribution is 0.0642. The highest BCUT2D eigenvalue weighted by Crippen LogP contribution is 2.14. The summed E-state index contributed by atoms with van der Waals surface area (Å²) in [6.07, 6.45) is 2.08. The van der Waals surface area contributed by atoms with Gasteiger partial charge in [0.15, 0.2) is 0 Å². The molecule has 1 fully saturated rings. The van der Waals surface area contributed by atoms with Gasteiger partial charge in [0.05, 0.1) is 0 Å². The van der Waals surface area contributed by atoms with E-state index in [0.717, 1.165) is 44.8 Å². The summed E-state index contributed by atoms with van der Waals surface area (Å²) in [7, 11) is 0. The molecule has 19 heavy (non-hydrogen) atoms. The molecule has 1 aromatic rings. The van der Waals surface area contributed by atoms with Gasteiger partial charge in [0.25, 0.3) is 5.91 Å². The molecule has 0 bridgehead atoms. The Kier molecular flexibility index (Phi) is 5.21. The molecule has 0 aromatic heterocycles. The van der Waals surface area contributed by atoms with Crippen LogP contribution in [0.5, 0.6) is 0 Å². The van der Waals surface area contributed by atoms with Crippen molar-refractivity contribution in [1.29, 1.82) is 0 Å². The number of rotatable bonds is 5. The maximum Gasteiger partial charge on any atom is 0.251 e. The quantitative estimate of drug-likeness (QED) is 0.856. The van der Waals surface area contributed by atoms with E-state index in [0.29, 0.717) is 11.5 Å². The topological polar surface area (TPSA) is 50.4 Å². The highest BCUT2D eigenvalue weighted by Gasteiger charge is 2.15. The molecule has 2 N–H and O–H groups in total. The Labute approximate surface area is 114 Å². The molecular formula is C15H22N2O2. The largest absolute Gasteiger partial charge is 0.385 e. The highest BCUT2D eigenvalue weighted by molar-refractivity contribution is 5.94. The van der Waals surface area contributed by atoms with Gasteiger partial charge in [-0.2, -0.15) is 0 Å². The fourth-order valence-corrected chi connectivity index (χ4v) is 2.23. The normalized spacial score (nSPS) is 16.1. The van der Waals surface area contributed by atoms with Crippen molar-refractivity contribution < 1.29 is 9.53 Å². The molecule has 1 amide bonds. The van der Waals surface area contributed by atoms with Crippen LogP contribution in [0.25, 0.3) is 0 Å². The smallest absolute Gasteiger partial charge is 0.251 e. The van der Waals surface area contributed by atoms with Gasteiger partial charge in [-0.3, -0.25) is 4.79 Å². The van der Waals surface area contributed by atoms with Crippen LogP contribution in [0.1, 0.15) is 30.1 Å². The summed E-state index contributed by atoms with van der Waals surface area (Å²) in [6, 6.07) is 7.59. The molecule has 4 nitrogen and oxygen atoms in total. The number of amides is 1. The van der Waals surface area contributed by atoms with Gasteiger partial charge in [0.1, 0.15) is 0 Å². The van der Waals surface area contributed by atoms with E-state index in [1.165, 1.54) is 0 Å². The fraction of sp³-hybridized carbons (Fsp3) is 0.533. The number of nitrogens with one attached hydrogen (secondary N) is 2. The van der Waals surface area contributed by atoms with Crippen LogP contribution >= 0.6 is 0 Å². The molecule has 1 aromatic carbocycles. The first kappa shape index (κ1) is 13.9. The van der Waals surface area contributed by atoms with Gasteiger partial charge in [-0.15, -0.1) is 0 Å². The summed E-state index contributed by atoms with van der Waals surface area (Å²) in [6.45, 7) is 5.32. The van der Waals surface area contributed by atoms with Crippen LogP contribution in [0.4, 0.5) is 5.69 Å². The zero-order valence-electron chi connectivity index (χ0n) is 11.4. The predicted molar refractivity (Wildman–Crippen MR) is 76.5 cm³/mol. The Bertz CT molecular complexity index is 397. The summed E-state index contributed by atoms with van der Waals surface area (Å²) < 4.78 is 5.31. The van der Waals surface area contributed by atoms with Gasteiger partial charge in [-0.05, 0) is 49.9 Å². The van der Waals surface area contributed by atoms with Crippen molar-refractivity contribution in [2.24, 2.45) is 5.92 Å². The number of carbonyl (C=O) groups excluding carboxylic acids is 1. The second-order valence-electron chi connectivity index (χ2n) is 4.87.